The molecule has 4 saturated carbocycles. The smallest absolute Gasteiger partial charge is 0.245 e. The molecule has 4 aliphatic rings. The minimum atomic E-state index is -0.189. The molecule has 26 heavy (non-hydrogen) atoms. The zero-order chi connectivity index (χ0) is 18.3. The van der Waals surface area contributed by atoms with E-state index >= 15 is 0 Å². The van der Waals surface area contributed by atoms with Crippen molar-refractivity contribution in [3.05, 3.63) is 11.6 Å². The van der Waals surface area contributed by atoms with E-state index in [4.69, 9.17) is 0 Å². The zero-order valence-electron chi connectivity index (χ0n) is 15.7. The van der Waals surface area contributed by atoms with E-state index in [0.717, 1.165) is 37.0 Å². The Labute approximate surface area is 159 Å². The highest BCUT2D eigenvalue weighted by molar-refractivity contribution is 7.13. The van der Waals surface area contributed by atoms with Crippen LogP contribution in [-0.4, -0.2) is 34.8 Å². The second-order valence-electron chi connectivity index (χ2n) is 9.16. The molecule has 1 aromatic heterocycles. The van der Waals surface area contributed by atoms with Gasteiger partial charge in [0.05, 0.1) is 12.0 Å². The Morgan fingerprint density at radius 2 is 1.85 bits per heavy atom. The fourth-order valence-electron chi connectivity index (χ4n) is 5.99. The summed E-state index contributed by atoms with van der Waals surface area (Å²) in [5.41, 5.74) is -0.189. The normalized spacial score (nSPS) is 32.0. The van der Waals surface area contributed by atoms with Gasteiger partial charge in [0.2, 0.25) is 11.8 Å². The Morgan fingerprint density at radius 1 is 1.23 bits per heavy atom. The van der Waals surface area contributed by atoms with Crippen molar-refractivity contribution in [1.29, 1.82) is 0 Å². The molecular formula is C20H29N3O2S. The summed E-state index contributed by atoms with van der Waals surface area (Å²) in [6.07, 6.45) is 8.76. The van der Waals surface area contributed by atoms with Gasteiger partial charge in [-0.25, -0.2) is 4.98 Å². The molecule has 4 bridgehead atoms. The molecule has 0 aromatic carbocycles. The van der Waals surface area contributed by atoms with Gasteiger partial charge in [-0.05, 0) is 62.2 Å². The Hall–Kier alpha value is -1.43. The van der Waals surface area contributed by atoms with E-state index in [2.05, 4.69) is 24.1 Å². The van der Waals surface area contributed by atoms with Gasteiger partial charge in [-0.1, -0.05) is 13.8 Å². The molecule has 1 heterocycles. The molecule has 0 aliphatic heterocycles. The Bertz CT molecular complexity index is 635. The van der Waals surface area contributed by atoms with Crippen molar-refractivity contribution in [3.8, 4) is 0 Å². The van der Waals surface area contributed by atoms with E-state index < -0.39 is 0 Å². The van der Waals surface area contributed by atoms with Crippen LogP contribution in [0.3, 0.4) is 0 Å². The quantitative estimate of drug-likeness (QED) is 0.823. The number of hydrogen-bond donors (Lipinski definition) is 1. The highest BCUT2D eigenvalue weighted by Gasteiger charge is 2.55. The van der Waals surface area contributed by atoms with Crippen molar-refractivity contribution in [3.63, 3.8) is 0 Å². The van der Waals surface area contributed by atoms with E-state index in [9.17, 15) is 9.59 Å². The molecular weight excluding hydrogens is 346 g/mol. The van der Waals surface area contributed by atoms with Gasteiger partial charge in [0.25, 0.3) is 0 Å². The van der Waals surface area contributed by atoms with Crippen molar-refractivity contribution in [2.45, 2.75) is 52.4 Å². The van der Waals surface area contributed by atoms with Crippen LogP contribution < -0.4 is 5.32 Å². The first-order valence-electron chi connectivity index (χ1n) is 9.92. The van der Waals surface area contributed by atoms with Crippen LogP contribution in [0, 0.1) is 29.1 Å². The van der Waals surface area contributed by atoms with Crippen molar-refractivity contribution in [1.82, 2.24) is 9.88 Å². The fourth-order valence-corrected chi connectivity index (χ4v) is 6.53. The van der Waals surface area contributed by atoms with Gasteiger partial charge in [0.15, 0.2) is 5.13 Å². The third-order valence-corrected chi connectivity index (χ3v) is 7.07. The molecule has 2 amide bonds. The van der Waals surface area contributed by atoms with E-state index in [1.54, 1.807) is 6.20 Å². The molecule has 0 saturated heterocycles. The first-order chi connectivity index (χ1) is 12.4. The van der Waals surface area contributed by atoms with Gasteiger partial charge < -0.3 is 10.2 Å². The minimum Gasteiger partial charge on any atom is -0.333 e. The summed E-state index contributed by atoms with van der Waals surface area (Å²) in [5.74, 6) is 2.64. The van der Waals surface area contributed by atoms with Crippen LogP contribution in [0.15, 0.2) is 11.6 Å². The summed E-state index contributed by atoms with van der Waals surface area (Å²) >= 11 is 1.40. The predicted octanol–water partition coefficient (Wildman–Crippen LogP) is 3.78. The number of nitrogens with zero attached hydrogens (tertiary/aromatic N) is 2. The number of amides is 2. The standard InChI is InChI=1S/C20H29N3O2S/c1-13(2)11-23(12-17(24)22-19-21-3-4-26-19)18(25)20-8-14-5-15(9-20)7-16(6-14)10-20/h3-4,13-16H,5-12H2,1-2H3,(H,21,22,24). The molecule has 0 unspecified atom stereocenters. The average molecular weight is 376 g/mol. The minimum absolute atomic E-state index is 0.137. The lowest BCUT2D eigenvalue weighted by Crippen LogP contribution is -2.56. The molecule has 5 nitrogen and oxygen atoms in total. The lowest BCUT2D eigenvalue weighted by atomic mass is 9.49. The van der Waals surface area contributed by atoms with Crippen LogP contribution in [0.1, 0.15) is 52.4 Å². The van der Waals surface area contributed by atoms with Crippen LogP contribution >= 0.6 is 11.3 Å². The van der Waals surface area contributed by atoms with E-state index in [-0.39, 0.29) is 23.8 Å². The van der Waals surface area contributed by atoms with Gasteiger partial charge in [0.1, 0.15) is 0 Å². The largest absolute Gasteiger partial charge is 0.333 e. The molecule has 0 spiro atoms. The number of nitrogens with one attached hydrogen (secondary N) is 1. The van der Waals surface area contributed by atoms with Gasteiger partial charge in [0, 0.05) is 18.1 Å². The van der Waals surface area contributed by atoms with E-state index in [0.29, 0.717) is 17.6 Å². The third kappa shape index (κ3) is 3.53. The number of rotatable bonds is 6. The number of aromatic nitrogens is 1. The highest BCUT2D eigenvalue weighted by atomic mass is 32.1. The number of carbonyl (C=O) groups is 2. The van der Waals surface area contributed by atoms with Gasteiger partial charge >= 0.3 is 0 Å². The van der Waals surface area contributed by atoms with E-state index in [1.165, 1.54) is 30.6 Å². The fraction of sp³-hybridized carbons (Fsp3) is 0.750. The SMILES string of the molecule is CC(C)CN(CC(=O)Nc1nccs1)C(=O)C12CC3CC(CC(C3)C1)C2. The second kappa shape index (κ2) is 6.95. The number of anilines is 1. The van der Waals surface area contributed by atoms with Gasteiger partial charge in [-0.15, -0.1) is 11.3 Å². The van der Waals surface area contributed by atoms with Crippen molar-refractivity contribution >= 4 is 28.3 Å². The monoisotopic (exact) mass is 375 g/mol. The maximum Gasteiger partial charge on any atom is 0.245 e. The summed E-state index contributed by atoms with van der Waals surface area (Å²) in [7, 11) is 0. The average Bonchev–Trinajstić information content (AvgIpc) is 3.04. The Morgan fingerprint density at radius 3 is 2.35 bits per heavy atom. The first kappa shape index (κ1) is 18.0. The molecule has 4 aliphatic carbocycles. The molecule has 0 atom stereocenters. The summed E-state index contributed by atoms with van der Waals surface area (Å²) in [4.78, 5) is 32.0. The zero-order valence-corrected chi connectivity index (χ0v) is 16.6. The van der Waals surface area contributed by atoms with Crippen LogP contribution in [0.2, 0.25) is 0 Å². The number of carbonyl (C=O) groups excluding carboxylic acids is 2. The lowest BCUT2D eigenvalue weighted by molar-refractivity contribution is -0.159. The summed E-state index contributed by atoms with van der Waals surface area (Å²) in [5, 5.41) is 5.26. The summed E-state index contributed by atoms with van der Waals surface area (Å²) in [6.45, 7) is 5.00. The number of thiazole rings is 1. The van der Waals surface area contributed by atoms with Crippen LogP contribution in [0.5, 0.6) is 0 Å². The maximum absolute atomic E-state index is 13.6. The summed E-state index contributed by atoms with van der Waals surface area (Å²) < 4.78 is 0. The van der Waals surface area contributed by atoms with Crippen molar-refractivity contribution in [2.24, 2.45) is 29.1 Å². The Balaban J connectivity index is 1.48. The lowest BCUT2D eigenvalue weighted by Gasteiger charge is -2.56. The van der Waals surface area contributed by atoms with Gasteiger partial charge in [-0.2, -0.15) is 0 Å². The van der Waals surface area contributed by atoms with E-state index in [1.807, 2.05) is 10.3 Å². The predicted molar refractivity (Wildman–Crippen MR) is 103 cm³/mol. The molecule has 142 valence electrons. The molecule has 1 aromatic rings. The molecule has 5 rings (SSSR count). The Kier molecular flexibility index (Phi) is 4.80. The third-order valence-electron chi connectivity index (χ3n) is 6.38. The molecule has 4 fully saturated rings. The van der Waals surface area contributed by atoms with Crippen LogP contribution in [0.4, 0.5) is 5.13 Å². The highest BCUT2D eigenvalue weighted by Crippen LogP contribution is 2.60. The first-order valence-corrected chi connectivity index (χ1v) is 10.8. The van der Waals surface area contributed by atoms with Crippen LogP contribution in [0.25, 0.3) is 0 Å². The summed E-state index contributed by atoms with van der Waals surface area (Å²) in [6, 6.07) is 0. The molecule has 1 N–H and O–H groups in total. The number of hydrogen-bond acceptors (Lipinski definition) is 4. The second-order valence-corrected chi connectivity index (χ2v) is 10.1. The van der Waals surface area contributed by atoms with Crippen LogP contribution in [-0.2, 0) is 9.59 Å². The van der Waals surface area contributed by atoms with Crippen molar-refractivity contribution < 1.29 is 9.59 Å². The molecule has 6 heteroatoms. The maximum atomic E-state index is 13.6. The van der Waals surface area contributed by atoms with Crippen molar-refractivity contribution in [2.75, 3.05) is 18.4 Å². The topological polar surface area (TPSA) is 62.3 Å². The molecule has 0 radical (unpaired) electrons. The van der Waals surface area contributed by atoms with Gasteiger partial charge in [-0.3, -0.25) is 9.59 Å².